The fourth-order valence-corrected chi connectivity index (χ4v) is 2.89. The number of hydrogen-bond donors (Lipinski definition) is 1. The molecule has 3 rings (SSSR count). The standard InChI is InChI=1S/C16H15BrFNO/c1-9-2-3-10(6-13(9)17)16-8-14(19)12-7-11(18)4-5-15(12)20-16/h2-7,14,16H,8,19H2,1H3/t14-,16?/m1/s1. The molecule has 2 aromatic rings. The van der Waals surface area contributed by atoms with Gasteiger partial charge in [-0.25, -0.2) is 4.39 Å². The number of aryl methyl sites for hydroxylation is 1. The third-order valence-corrected chi connectivity index (χ3v) is 4.53. The number of benzene rings is 2. The smallest absolute Gasteiger partial charge is 0.126 e. The summed E-state index contributed by atoms with van der Waals surface area (Å²) in [5.41, 5.74) is 9.15. The molecule has 2 atom stereocenters. The van der Waals surface area contributed by atoms with Crippen molar-refractivity contribution in [2.45, 2.75) is 25.5 Å². The van der Waals surface area contributed by atoms with Crippen LogP contribution >= 0.6 is 15.9 Å². The molecule has 2 aromatic carbocycles. The lowest BCUT2D eigenvalue weighted by Crippen LogP contribution is -2.24. The minimum Gasteiger partial charge on any atom is -0.485 e. The van der Waals surface area contributed by atoms with Crippen molar-refractivity contribution < 1.29 is 9.13 Å². The molecule has 0 amide bonds. The summed E-state index contributed by atoms with van der Waals surface area (Å²) < 4.78 is 20.3. The van der Waals surface area contributed by atoms with Gasteiger partial charge in [-0.3, -0.25) is 0 Å². The van der Waals surface area contributed by atoms with Crippen molar-refractivity contribution in [3.8, 4) is 5.75 Å². The first-order valence-electron chi connectivity index (χ1n) is 6.52. The van der Waals surface area contributed by atoms with E-state index in [0.717, 1.165) is 15.6 Å². The van der Waals surface area contributed by atoms with Gasteiger partial charge in [0.15, 0.2) is 0 Å². The first kappa shape index (κ1) is 13.6. The Morgan fingerprint density at radius 1 is 1.25 bits per heavy atom. The van der Waals surface area contributed by atoms with E-state index in [-0.39, 0.29) is 18.0 Å². The lowest BCUT2D eigenvalue weighted by molar-refractivity contribution is 0.161. The number of halogens is 2. The quantitative estimate of drug-likeness (QED) is 0.837. The van der Waals surface area contributed by atoms with Gasteiger partial charge in [0, 0.05) is 22.5 Å². The van der Waals surface area contributed by atoms with Crippen LogP contribution in [0.15, 0.2) is 40.9 Å². The second kappa shape index (κ2) is 5.19. The van der Waals surface area contributed by atoms with Crippen LogP contribution in [0.2, 0.25) is 0 Å². The zero-order valence-corrected chi connectivity index (χ0v) is 12.7. The van der Waals surface area contributed by atoms with Crippen molar-refractivity contribution in [3.63, 3.8) is 0 Å². The van der Waals surface area contributed by atoms with Crippen LogP contribution in [0.5, 0.6) is 5.75 Å². The lowest BCUT2D eigenvalue weighted by atomic mass is 9.93. The molecule has 1 aliphatic rings. The molecule has 0 spiro atoms. The molecule has 0 bridgehead atoms. The molecular weight excluding hydrogens is 321 g/mol. The maximum atomic E-state index is 13.3. The van der Waals surface area contributed by atoms with Crippen LogP contribution in [0.4, 0.5) is 4.39 Å². The van der Waals surface area contributed by atoms with E-state index < -0.39 is 0 Å². The molecule has 0 saturated carbocycles. The van der Waals surface area contributed by atoms with Gasteiger partial charge in [-0.15, -0.1) is 0 Å². The summed E-state index contributed by atoms with van der Waals surface area (Å²) in [6.45, 7) is 2.04. The van der Waals surface area contributed by atoms with Gasteiger partial charge < -0.3 is 10.5 Å². The van der Waals surface area contributed by atoms with Crippen LogP contribution in [-0.4, -0.2) is 0 Å². The van der Waals surface area contributed by atoms with Gasteiger partial charge in [-0.05, 0) is 42.3 Å². The summed E-state index contributed by atoms with van der Waals surface area (Å²) in [7, 11) is 0. The fraction of sp³-hybridized carbons (Fsp3) is 0.250. The largest absolute Gasteiger partial charge is 0.485 e. The molecular formula is C16H15BrFNO. The summed E-state index contributed by atoms with van der Waals surface area (Å²) in [6, 6.07) is 10.5. The molecule has 4 heteroatoms. The van der Waals surface area contributed by atoms with Crippen LogP contribution in [0.25, 0.3) is 0 Å². The number of nitrogens with two attached hydrogens (primary N) is 1. The Labute approximate surface area is 125 Å². The molecule has 1 aliphatic heterocycles. The van der Waals surface area contributed by atoms with E-state index in [2.05, 4.69) is 28.1 Å². The van der Waals surface area contributed by atoms with Gasteiger partial charge in [-0.2, -0.15) is 0 Å². The normalized spacial score (nSPS) is 21.2. The van der Waals surface area contributed by atoms with Crippen LogP contribution < -0.4 is 10.5 Å². The van der Waals surface area contributed by atoms with Gasteiger partial charge in [0.1, 0.15) is 17.7 Å². The highest BCUT2D eigenvalue weighted by atomic mass is 79.9. The summed E-state index contributed by atoms with van der Waals surface area (Å²) in [6.07, 6.45) is 0.547. The Balaban J connectivity index is 1.94. The monoisotopic (exact) mass is 335 g/mol. The lowest BCUT2D eigenvalue weighted by Gasteiger charge is -2.30. The van der Waals surface area contributed by atoms with E-state index in [4.69, 9.17) is 10.5 Å². The van der Waals surface area contributed by atoms with Crippen molar-refractivity contribution in [1.82, 2.24) is 0 Å². The van der Waals surface area contributed by atoms with Gasteiger partial charge in [0.05, 0.1) is 0 Å². The minimum atomic E-state index is -0.278. The first-order chi connectivity index (χ1) is 9.54. The first-order valence-corrected chi connectivity index (χ1v) is 7.31. The van der Waals surface area contributed by atoms with Gasteiger partial charge in [0.25, 0.3) is 0 Å². The van der Waals surface area contributed by atoms with E-state index in [1.54, 1.807) is 6.07 Å². The molecule has 0 radical (unpaired) electrons. The molecule has 104 valence electrons. The van der Waals surface area contributed by atoms with Crippen LogP contribution in [0, 0.1) is 12.7 Å². The topological polar surface area (TPSA) is 35.2 Å². The number of ether oxygens (including phenoxy) is 1. The maximum absolute atomic E-state index is 13.3. The molecule has 1 heterocycles. The summed E-state index contributed by atoms with van der Waals surface area (Å²) in [4.78, 5) is 0. The molecule has 2 nitrogen and oxygen atoms in total. The SMILES string of the molecule is Cc1ccc(C2C[C@@H](N)c3cc(F)ccc3O2)cc1Br. The van der Waals surface area contributed by atoms with E-state index in [9.17, 15) is 4.39 Å². The van der Waals surface area contributed by atoms with Crippen molar-refractivity contribution in [2.24, 2.45) is 5.73 Å². The van der Waals surface area contributed by atoms with Crippen LogP contribution in [0.1, 0.15) is 35.3 Å². The molecule has 0 saturated heterocycles. The maximum Gasteiger partial charge on any atom is 0.126 e. The minimum absolute atomic E-state index is 0.0974. The second-order valence-electron chi connectivity index (χ2n) is 5.14. The van der Waals surface area contributed by atoms with Crippen molar-refractivity contribution in [1.29, 1.82) is 0 Å². The molecule has 20 heavy (non-hydrogen) atoms. The highest BCUT2D eigenvalue weighted by Crippen LogP contribution is 2.40. The Bertz CT molecular complexity index is 659. The van der Waals surface area contributed by atoms with Gasteiger partial charge in [0.2, 0.25) is 0 Å². The third kappa shape index (κ3) is 2.45. The zero-order chi connectivity index (χ0) is 14.3. The van der Waals surface area contributed by atoms with E-state index >= 15 is 0 Å². The number of hydrogen-bond acceptors (Lipinski definition) is 2. The zero-order valence-electron chi connectivity index (χ0n) is 11.1. The molecule has 2 N–H and O–H groups in total. The Hall–Kier alpha value is -1.39. The van der Waals surface area contributed by atoms with E-state index in [0.29, 0.717) is 12.2 Å². The predicted molar refractivity (Wildman–Crippen MR) is 80.2 cm³/mol. The molecule has 0 fully saturated rings. The fourth-order valence-electron chi connectivity index (χ4n) is 2.49. The van der Waals surface area contributed by atoms with Crippen molar-refractivity contribution in [2.75, 3.05) is 0 Å². The third-order valence-electron chi connectivity index (χ3n) is 3.68. The van der Waals surface area contributed by atoms with Gasteiger partial charge in [-0.1, -0.05) is 28.1 Å². The number of fused-ring (bicyclic) bond motifs is 1. The van der Waals surface area contributed by atoms with E-state index in [1.165, 1.54) is 17.7 Å². The van der Waals surface area contributed by atoms with Crippen LogP contribution in [0.3, 0.4) is 0 Å². The summed E-state index contributed by atoms with van der Waals surface area (Å²) in [5.74, 6) is 0.395. The highest BCUT2D eigenvalue weighted by Gasteiger charge is 2.27. The molecule has 0 aromatic heterocycles. The van der Waals surface area contributed by atoms with Crippen molar-refractivity contribution >= 4 is 15.9 Å². The Kier molecular flexibility index (Phi) is 3.52. The second-order valence-corrected chi connectivity index (χ2v) is 5.99. The summed E-state index contributed by atoms with van der Waals surface area (Å²) in [5, 5.41) is 0. The average molecular weight is 336 g/mol. The van der Waals surface area contributed by atoms with Crippen LogP contribution in [-0.2, 0) is 0 Å². The summed E-state index contributed by atoms with van der Waals surface area (Å²) >= 11 is 3.53. The molecule has 0 aliphatic carbocycles. The highest BCUT2D eigenvalue weighted by molar-refractivity contribution is 9.10. The van der Waals surface area contributed by atoms with Crippen molar-refractivity contribution in [3.05, 3.63) is 63.4 Å². The molecule has 1 unspecified atom stereocenters. The Morgan fingerprint density at radius 2 is 2.05 bits per heavy atom. The van der Waals surface area contributed by atoms with E-state index in [1.807, 2.05) is 13.0 Å². The average Bonchev–Trinajstić information content (AvgIpc) is 2.42. The number of rotatable bonds is 1. The Morgan fingerprint density at radius 3 is 2.80 bits per heavy atom. The van der Waals surface area contributed by atoms with Gasteiger partial charge >= 0.3 is 0 Å². The predicted octanol–water partition coefficient (Wildman–Crippen LogP) is 4.42.